The van der Waals surface area contributed by atoms with Gasteiger partial charge in [-0.05, 0) is 18.9 Å². The number of piperidine rings is 1. The lowest BCUT2D eigenvalue weighted by Gasteiger charge is -2.47. The zero-order valence-electron chi connectivity index (χ0n) is 13.0. The Kier molecular flexibility index (Phi) is 3.71. The maximum atomic E-state index is 12.2. The summed E-state index contributed by atoms with van der Waals surface area (Å²) in [4.78, 5) is 41.9. The lowest BCUT2D eigenvalue weighted by atomic mass is 9.74. The van der Waals surface area contributed by atoms with Crippen molar-refractivity contribution in [3.63, 3.8) is 0 Å². The van der Waals surface area contributed by atoms with E-state index in [2.05, 4.69) is 4.99 Å². The van der Waals surface area contributed by atoms with Crippen molar-refractivity contribution in [2.24, 2.45) is 28.3 Å². The fraction of sp³-hybridized carbons (Fsp3) is 0.571. The Bertz CT molecular complexity index is 681. The van der Waals surface area contributed by atoms with Crippen LogP contribution in [0.15, 0.2) is 16.3 Å². The van der Waals surface area contributed by atoms with Crippen molar-refractivity contribution in [2.75, 3.05) is 13.1 Å². The first kappa shape index (κ1) is 16.2. The minimum absolute atomic E-state index is 0.0503. The zero-order chi connectivity index (χ0) is 17.8. The maximum Gasteiger partial charge on any atom is 0.352 e. The summed E-state index contributed by atoms with van der Waals surface area (Å²) in [6.45, 7) is 1.92. The number of β-lactam (4-membered cyclic amide) rings is 1. The predicted molar refractivity (Wildman–Crippen MR) is 81.4 cm³/mol. The molecule has 3 heterocycles. The highest BCUT2D eigenvalue weighted by molar-refractivity contribution is 6.00. The number of fused-ring (bicyclic) bond motifs is 3. The quantitative estimate of drug-likeness (QED) is 0.264. The summed E-state index contributed by atoms with van der Waals surface area (Å²) in [5.74, 6) is -2.77. The van der Waals surface area contributed by atoms with Gasteiger partial charge in [-0.2, -0.15) is 4.99 Å². The van der Waals surface area contributed by atoms with E-state index in [1.165, 1.54) is 16.7 Å². The van der Waals surface area contributed by atoms with E-state index in [4.69, 9.17) is 11.5 Å². The van der Waals surface area contributed by atoms with Crippen LogP contribution in [0.1, 0.15) is 13.3 Å². The predicted octanol–water partition coefficient (Wildman–Crippen LogP) is -1.74. The summed E-state index contributed by atoms with van der Waals surface area (Å²) >= 11 is 0. The number of nitrogens with zero attached hydrogens (tertiary/aromatic N) is 3. The van der Waals surface area contributed by atoms with E-state index in [-0.39, 0.29) is 30.2 Å². The Balaban J connectivity index is 1.92. The number of hydrogen-bond acceptors (Lipinski definition) is 4. The maximum absolute atomic E-state index is 12.2. The van der Waals surface area contributed by atoms with Crippen LogP contribution in [-0.2, 0) is 9.59 Å². The van der Waals surface area contributed by atoms with Crippen molar-refractivity contribution in [3.05, 3.63) is 11.3 Å². The van der Waals surface area contributed by atoms with Crippen LogP contribution >= 0.6 is 0 Å². The van der Waals surface area contributed by atoms with E-state index >= 15 is 0 Å². The number of nitrogens with two attached hydrogens (primary N) is 2. The number of hydrogen-bond donors (Lipinski definition) is 4. The van der Waals surface area contributed by atoms with Gasteiger partial charge in [0.1, 0.15) is 5.70 Å². The van der Waals surface area contributed by atoms with E-state index in [1.807, 2.05) is 0 Å². The molecule has 0 radical (unpaired) electrons. The number of aliphatic hydroxyl groups excluding tert-OH is 1. The summed E-state index contributed by atoms with van der Waals surface area (Å²) in [6.07, 6.45) is -0.371. The van der Waals surface area contributed by atoms with Gasteiger partial charge in [0.15, 0.2) is 5.96 Å². The number of guanidine groups is 1. The van der Waals surface area contributed by atoms with Gasteiger partial charge in [-0.15, -0.1) is 0 Å². The smallest absolute Gasteiger partial charge is 0.352 e. The normalized spacial score (nSPS) is 29.6. The third-order valence-electron chi connectivity index (χ3n) is 4.88. The number of rotatable bonds is 2. The van der Waals surface area contributed by atoms with Gasteiger partial charge in [0.25, 0.3) is 0 Å². The molecule has 0 aromatic carbocycles. The van der Waals surface area contributed by atoms with Crippen LogP contribution in [0.4, 0.5) is 4.79 Å². The topological polar surface area (TPSA) is 163 Å². The summed E-state index contributed by atoms with van der Waals surface area (Å²) in [7, 11) is 0. The molecule has 0 spiro atoms. The first-order valence-corrected chi connectivity index (χ1v) is 7.60. The lowest BCUT2D eigenvalue weighted by Crippen LogP contribution is -2.64. The van der Waals surface area contributed by atoms with Crippen molar-refractivity contribution in [1.82, 2.24) is 9.80 Å². The van der Waals surface area contributed by atoms with Crippen LogP contribution in [-0.4, -0.2) is 69.1 Å². The van der Waals surface area contributed by atoms with Crippen LogP contribution in [0.2, 0.25) is 0 Å². The molecule has 3 rings (SSSR count). The van der Waals surface area contributed by atoms with Crippen molar-refractivity contribution in [3.8, 4) is 0 Å². The highest BCUT2D eigenvalue weighted by Gasteiger charge is 2.61. The minimum atomic E-state index is -1.22. The molecular weight excluding hydrogens is 318 g/mol. The van der Waals surface area contributed by atoms with Gasteiger partial charge in [0.05, 0.1) is 18.1 Å². The van der Waals surface area contributed by atoms with Gasteiger partial charge in [0.2, 0.25) is 5.91 Å². The number of likely N-dealkylation sites (tertiary alicyclic amines) is 1. The molecule has 2 saturated heterocycles. The fourth-order valence-electron chi connectivity index (χ4n) is 3.95. The number of urea groups is 1. The highest BCUT2D eigenvalue weighted by Crippen LogP contribution is 2.49. The van der Waals surface area contributed by atoms with E-state index < -0.39 is 29.9 Å². The molecule has 3 aliphatic heterocycles. The van der Waals surface area contributed by atoms with Gasteiger partial charge in [-0.1, -0.05) is 0 Å². The molecular formula is C14H19N5O5. The number of carbonyl (C=O) groups is 3. The van der Waals surface area contributed by atoms with Gasteiger partial charge in [-0.25, -0.2) is 9.59 Å². The van der Waals surface area contributed by atoms with Crippen LogP contribution in [0.3, 0.4) is 0 Å². The van der Waals surface area contributed by atoms with Crippen LogP contribution in [0, 0.1) is 11.8 Å². The Morgan fingerprint density at radius 2 is 2.04 bits per heavy atom. The van der Waals surface area contributed by atoms with E-state index in [9.17, 15) is 24.6 Å². The molecule has 0 aromatic rings. The van der Waals surface area contributed by atoms with Gasteiger partial charge in [-0.3, -0.25) is 4.79 Å². The largest absolute Gasteiger partial charge is 0.477 e. The van der Waals surface area contributed by atoms with E-state index in [1.54, 1.807) is 0 Å². The molecule has 3 amide bonds. The molecule has 24 heavy (non-hydrogen) atoms. The number of aliphatic hydroxyl groups is 1. The van der Waals surface area contributed by atoms with Crippen LogP contribution < -0.4 is 11.5 Å². The average molecular weight is 337 g/mol. The lowest BCUT2D eigenvalue weighted by molar-refractivity contribution is -0.163. The number of carboxylic acids is 1. The summed E-state index contributed by atoms with van der Waals surface area (Å²) in [5.41, 5.74) is 10.8. The van der Waals surface area contributed by atoms with E-state index in [0.29, 0.717) is 18.5 Å². The van der Waals surface area contributed by atoms with Gasteiger partial charge < -0.3 is 31.5 Å². The Hall–Kier alpha value is -2.62. The summed E-state index contributed by atoms with van der Waals surface area (Å²) in [5, 5.41) is 19.3. The molecule has 0 saturated carbocycles. The molecule has 0 bridgehead atoms. The van der Waals surface area contributed by atoms with Crippen molar-refractivity contribution in [2.45, 2.75) is 25.5 Å². The fourth-order valence-corrected chi connectivity index (χ4v) is 3.95. The number of carbonyl (C=O) groups excluding carboxylic acids is 2. The van der Waals surface area contributed by atoms with Crippen molar-refractivity contribution < 1.29 is 24.6 Å². The monoisotopic (exact) mass is 337 g/mol. The number of aliphatic carboxylic acids is 1. The molecule has 4 atom stereocenters. The average Bonchev–Trinajstić information content (AvgIpc) is 2.76. The Morgan fingerprint density at radius 1 is 1.38 bits per heavy atom. The van der Waals surface area contributed by atoms with Gasteiger partial charge in [0, 0.05) is 19.0 Å². The molecule has 0 unspecified atom stereocenters. The summed E-state index contributed by atoms with van der Waals surface area (Å²) < 4.78 is 0. The summed E-state index contributed by atoms with van der Waals surface area (Å²) in [6, 6.07) is -1.00. The SMILES string of the molecule is C[C@@H](O)[C@H]1C(=O)N2C(C(=O)O)=C3CN(C(=O)N=C(N)N)CC[C@@H]3[C@H]12. The van der Waals surface area contributed by atoms with Crippen molar-refractivity contribution in [1.29, 1.82) is 0 Å². The molecule has 130 valence electrons. The number of carboxylic acid groups (broad SMARTS) is 1. The molecule has 10 heteroatoms. The Morgan fingerprint density at radius 3 is 2.58 bits per heavy atom. The van der Waals surface area contributed by atoms with Crippen LogP contribution in [0.25, 0.3) is 0 Å². The first-order valence-electron chi connectivity index (χ1n) is 7.60. The standard InChI is InChI=1S/C14H19N5O5/c1-5(20)8-9-6-2-3-18(14(24)17-13(15)16)4-7(6)10(12(22)23)19(9)11(8)21/h5-6,8-9,20H,2-4H2,1H3,(H,22,23)(H4,15,16,17,24)/t5-,6+,8-,9-/m1/s1. The highest BCUT2D eigenvalue weighted by atomic mass is 16.4. The Labute approximate surface area is 137 Å². The van der Waals surface area contributed by atoms with Crippen molar-refractivity contribution >= 4 is 23.9 Å². The molecule has 10 nitrogen and oxygen atoms in total. The molecule has 6 N–H and O–H groups in total. The van der Waals surface area contributed by atoms with E-state index in [0.717, 1.165) is 0 Å². The van der Waals surface area contributed by atoms with Gasteiger partial charge >= 0.3 is 12.0 Å². The second-order valence-electron chi connectivity index (χ2n) is 6.28. The second kappa shape index (κ2) is 5.48. The van der Waals surface area contributed by atoms with Crippen LogP contribution in [0.5, 0.6) is 0 Å². The zero-order valence-corrected chi connectivity index (χ0v) is 13.0. The number of amides is 3. The third kappa shape index (κ3) is 2.21. The molecule has 3 aliphatic rings. The minimum Gasteiger partial charge on any atom is -0.477 e. The molecule has 0 aromatic heterocycles. The number of aliphatic imine (C=N–C) groups is 1. The second-order valence-corrected chi connectivity index (χ2v) is 6.28. The molecule has 2 fully saturated rings. The molecule has 0 aliphatic carbocycles. The first-order chi connectivity index (χ1) is 11.2. The third-order valence-corrected chi connectivity index (χ3v) is 4.88.